The fourth-order valence-corrected chi connectivity index (χ4v) is 4.17. The summed E-state index contributed by atoms with van der Waals surface area (Å²) in [5.41, 5.74) is 5.85. The summed E-state index contributed by atoms with van der Waals surface area (Å²) in [6.45, 7) is 1.84. The van der Waals surface area contributed by atoms with Crippen LogP contribution >= 0.6 is 11.8 Å². The van der Waals surface area contributed by atoms with Crippen LogP contribution < -0.4 is 11.1 Å². The van der Waals surface area contributed by atoms with Crippen molar-refractivity contribution in [2.75, 3.05) is 18.9 Å². The molecule has 33 heavy (non-hydrogen) atoms. The number of hydrogen-bond donors (Lipinski definition) is 5. The Kier molecular flexibility index (Phi) is 21.1. The zero-order chi connectivity index (χ0) is 24.7. The van der Waals surface area contributed by atoms with E-state index in [2.05, 4.69) is 18.3 Å². The number of nitrogens with one attached hydrogen (secondary N) is 1. The first-order valence-electron chi connectivity index (χ1n) is 12.1. The predicted molar refractivity (Wildman–Crippen MR) is 137 cm³/mol. The average Bonchev–Trinajstić information content (AvgIpc) is 2.79. The zero-order valence-electron chi connectivity index (χ0n) is 20.0. The van der Waals surface area contributed by atoms with Crippen LogP contribution in [-0.4, -0.2) is 63.5 Å². The largest absolute Gasteiger partial charge is 0.480 e. The highest BCUT2D eigenvalue weighted by Crippen LogP contribution is 2.21. The number of carboxylic acids is 1. The molecule has 0 bridgehead atoms. The number of hydrogen-bond acceptors (Lipinski definition) is 6. The first-order chi connectivity index (χ1) is 15.9. The Balaban J connectivity index is 4.53. The van der Waals surface area contributed by atoms with Gasteiger partial charge in [-0.05, 0) is 32.1 Å². The second-order valence-electron chi connectivity index (χ2n) is 8.06. The number of carboxylic acid groups (broad SMARTS) is 1. The fraction of sp³-hybridized carbons (Fsp3) is 0.680. The molecule has 0 fully saturated rings. The highest BCUT2D eigenvalue weighted by molar-refractivity contribution is 8.00. The number of nitrogens with two attached hydrogens (primary N) is 1. The van der Waals surface area contributed by atoms with Gasteiger partial charge in [-0.25, -0.2) is 0 Å². The fourth-order valence-electron chi connectivity index (χ4n) is 3.03. The number of aliphatic carboxylic acids is 1. The molecule has 0 saturated carbocycles. The second-order valence-corrected chi connectivity index (χ2v) is 9.27. The maximum atomic E-state index is 11.9. The molecule has 0 heterocycles. The average molecular weight is 485 g/mol. The van der Waals surface area contributed by atoms with Gasteiger partial charge in [-0.2, -0.15) is 0 Å². The van der Waals surface area contributed by atoms with Crippen LogP contribution in [0.3, 0.4) is 0 Å². The van der Waals surface area contributed by atoms with Crippen LogP contribution in [0.25, 0.3) is 0 Å². The summed E-state index contributed by atoms with van der Waals surface area (Å²) >= 11 is 1.36. The van der Waals surface area contributed by atoms with E-state index in [1.54, 1.807) is 0 Å². The lowest BCUT2D eigenvalue weighted by molar-refractivity contribution is -0.138. The standard InChI is InChI=1S/C25H44N2O5S/c1-2-3-4-5-6-7-8-9-10-11-12-13-17-23(22(29)16-14-15-18-28)33-20-21(26)25(32)27-19-24(30)31/h9-13,17,21-23,28-29H,2-8,14-16,18-20,26H2,1H3,(H,27,32)(H,30,31)/t21?,22-,23+/m0/s1. The lowest BCUT2D eigenvalue weighted by Gasteiger charge is -2.21. The van der Waals surface area contributed by atoms with E-state index < -0.39 is 30.6 Å². The van der Waals surface area contributed by atoms with E-state index in [0.29, 0.717) is 19.3 Å². The van der Waals surface area contributed by atoms with E-state index >= 15 is 0 Å². The number of amides is 1. The van der Waals surface area contributed by atoms with E-state index in [1.807, 2.05) is 30.4 Å². The van der Waals surface area contributed by atoms with E-state index in [-0.39, 0.29) is 17.6 Å². The molecule has 0 aliphatic carbocycles. The van der Waals surface area contributed by atoms with E-state index in [0.717, 1.165) is 6.42 Å². The van der Waals surface area contributed by atoms with Crippen molar-refractivity contribution in [1.29, 1.82) is 0 Å². The first kappa shape index (κ1) is 31.4. The summed E-state index contributed by atoms with van der Waals surface area (Å²) in [5, 5.41) is 30.1. The second kappa shape index (κ2) is 22.2. The number of aliphatic hydroxyl groups is 2. The van der Waals surface area contributed by atoms with Crippen LogP contribution in [0.4, 0.5) is 0 Å². The minimum absolute atomic E-state index is 0.0861. The van der Waals surface area contributed by atoms with Gasteiger partial charge in [0.15, 0.2) is 0 Å². The van der Waals surface area contributed by atoms with Gasteiger partial charge in [-0.15, -0.1) is 11.8 Å². The quantitative estimate of drug-likeness (QED) is 0.124. The lowest BCUT2D eigenvalue weighted by Crippen LogP contribution is -2.44. The van der Waals surface area contributed by atoms with Crippen molar-refractivity contribution in [3.63, 3.8) is 0 Å². The van der Waals surface area contributed by atoms with Gasteiger partial charge in [0.2, 0.25) is 5.91 Å². The van der Waals surface area contributed by atoms with Crippen LogP contribution in [0.5, 0.6) is 0 Å². The smallest absolute Gasteiger partial charge is 0.322 e. The van der Waals surface area contributed by atoms with Gasteiger partial charge in [-0.3, -0.25) is 9.59 Å². The van der Waals surface area contributed by atoms with Gasteiger partial charge in [0.1, 0.15) is 6.54 Å². The molecule has 0 rings (SSSR count). The predicted octanol–water partition coefficient (Wildman–Crippen LogP) is 3.56. The summed E-state index contributed by atoms with van der Waals surface area (Å²) < 4.78 is 0. The Bertz CT molecular complexity index is 595. The summed E-state index contributed by atoms with van der Waals surface area (Å²) in [4.78, 5) is 22.4. The molecule has 0 aromatic rings. The van der Waals surface area contributed by atoms with Crippen LogP contribution in [-0.2, 0) is 9.59 Å². The topological polar surface area (TPSA) is 133 Å². The van der Waals surface area contributed by atoms with Crippen molar-refractivity contribution >= 4 is 23.6 Å². The van der Waals surface area contributed by atoms with Gasteiger partial charge in [-0.1, -0.05) is 75.5 Å². The highest BCUT2D eigenvalue weighted by atomic mass is 32.2. The third-order valence-corrected chi connectivity index (χ3v) is 6.41. The maximum absolute atomic E-state index is 11.9. The number of allylic oxidation sites excluding steroid dienone is 5. The van der Waals surface area contributed by atoms with Crippen molar-refractivity contribution in [2.45, 2.75) is 88.5 Å². The van der Waals surface area contributed by atoms with Crippen LogP contribution in [0, 0.1) is 0 Å². The van der Waals surface area contributed by atoms with Crippen molar-refractivity contribution in [3.8, 4) is 0 Å². The van der Waals surface area contributed by atoms with E-state index in [4.69, 9.17) is 15.9 Å². The Labute approximate surface area is 203 Å². The molecule has 8 heteroatoms. The SMILES string of the molecule is CCCCCCCCC=CC=CC=C[C@@H](SCC(N)C(=O)NCC(=O)O)[C@@H](O)CCCCO. The number of aliphatic hydroxyl groups excluding tert-OH is 2. The van der Waals surface area contributed by atoms with Gasteiger partial charge in [0.25, 0.3) is 0 Å². The maximum Gasteiger partial charge on any atom is 0.322 e. The highest BCUT2D eigenvalue weighted by Gasteiger charge is 2.21. The molecule has 1 amide bonds. The summed E-state index contributed by atoms with van der Waals surface area (Å²) in [7, 11) is 0. The monoisotopic (exact) mass is 484 g/mol. The van der Waals surface area contributed by atoms with E-state index in [9.17, 15) is 14.7 Å². The summed E-state index contributed by atoms with van der Waals surface area (Å²) in [6.07, 6.45) is 21.8. The van der Waals surface area contributed by atoms with Crippen molar-refractivity contribution < 1.29 is 24.9 Å². The zero-order valence-corrected chi connectivity index (χ0v) is 20.8. The van der Waals surface area contributed by atoms with Gasteiger partial charge >= 0.3 is 5.97 Å². The third-order valence-electron chi connectivity index (χ3n) is 5.00. The molecule has 190 valence electrons. The molecule has 6 N–H and O–H groups in total. The minimum atomic E-state index is -1.13. The lowest BCUT2D eigenvalue weighted by atomic mass is 10.1. The Morgan fingerprint density at radius 1 is 1.00 bits per heavy atom. The molecule has 0 radical (unpaired) electrons. The normalized spacial score (nSPS) is 14.8. The van der Waals surface area contributed by atoms with Crippen molar-refractivity contribution in [3.05, 3.63) is 36.5 Å². The molecule has 3 atom stereocenters. The molecule has 0 aliphatic heterocycles. The summed E-state index contributed by atoms with van der Waals surface area (Å²) in [5.74, 6) is -1.41. The number of unbranched alkanes of at least 4 members (excludes halogenated alkanes) is 7. The summed E-state index contributed by atoms with van der Waals surface area (Å²) in [6, 6.07) is -0.865. The number of thioether (sulfide) groups is 1. The molecule has 0 aromatic heterocycles. The molecule has 0 aliphatic rings. The van der Waals surface area contributed by atoms with Gasteiger partial charge < -0.3 is 26.4 Å². The van der Waals surface area contributed by atoms with Crippen LogP contribution in [0.15, 0.2) is 36.5 Å². The third kappa shape index (κ3) is 19.6. The number of carbonyl (C=O) groups excluding carboxylic acids is 1. The number of carbonyl (C=O) groups is 2. The van der Waals surface area contributed by atoms with E-state index in [1.165, 1.54) is 50.3 Å². The minimum Gasteiger partial charge on any atom is -0.480 e. The first-order valence-corrected chi connectivity index (χ1v) is 13.1. The molecular formula is C25H44N2O5S. The van der Waals surface area contributed by atoms with Crippen LogP contribution in [0.2, 0.25) is 0 Å². The molecule has 0 saturated heterocycles. The van der Waals surface area contributed by atoms with Crippen LogP contribution in [0.1, 0.15) is 71.1 Å². The van der Waals surface area contributed by atoms with Crippen molar-refractivity contribution in [1.82, 2.24) is 5.32 Å². The van der Waals surface area contributed by atoms with Gasteiger partial charge in [0, 0.05) is 17.6 Å². The Morgan fingerprint density at radius 3 is 2.39 bits per heavy atom. The Morgan fingerprint density at radius 2 is 1.70 bits per heavy atom. The van der Waals surface area contributed by atoms with Crippen molar-refractivity contribution in [2.24, 2.45) is 5.73 Å². The number of rotatable bonds is 21. The molecule has 0 aromatic carbocycles. The molecule has 1 unspecified atom stereocenters. The molecule has 7 nitrogen and oxygen atoms in total. The van der Waals surface area contributed by atoms with Gasteiger partial charge in [0.05, 0.1) is 12.1 Å². The Hall–Kier alpha value is -1.61. The molecule has 0 spiro atoms. The molecular weight excluding hydrogens is 440 g/mol.